The third-order valence-electron chi connectivity index (χ3n) is 7.92. The van der Waals surface area contributed by atoms with E-state index in [0.717, 1.165) is 46.8 Å². The number of hydrogen-bond donors (Lipinski definition) is 1. The first kappa shape index (κ1) is 22.5. The lowest BCUT2D eigenvalue weighted by Gasteiger charge is -2.25. The molecule has 4 aromatic carbocycles. The van der Waals surface area contributed by atoms with E-state index in [-0.39, 0.29) is 5.92 Å². The Kier molecular flexibility index (Phi) is 5.70. The van der Waals surface area contributed by atoms with Gasteiger partial charge in [0.25, 0.3) is 0 Å². The summed E-state index contributed by atoms with van der Waals surface area (Å²) in [6.45, 7) is 0. The highest BCUT2D eigenvalue weighted by Gasteiger charge is 2.51. The maximum absolute atomic E-state index is 12.3. The summed E-state index contributed by atoms with van der Waals surface area (Å²) in [5.74, 6) is 0.722. The van der Waals surface area contributed by atoms with Crippen molar-refractivity contribution in [1.82, 2.24) is 0 Å². The number of Topliss-reactive ketones (excluding diaryl/α,β-unsaturated/α-hetero) is 1. The monoisotopic (exact) mass is 522 g/mol. The van der Waals surface area contributed by atoms with E-state index in [4.69, 9.17) is 0 Å². The van der Waals surface area contributed by atoms with Crippen molar-refractivity contribution in [2.75, 3.05) is 0 Å². The Morgan fingerprint density at radius 2 is 1.26 bits per heavy atom. The Labute approximate surface area is 214 Å². The van der Waals surface area contributed by atoms with Crippen molar-refractivity contribution < 1.29 is 9.90 Å². The van der Waals surface area contributed by atoms with Gasteiger partial charge in [0, 0.05) is 21.9 Å². The summed E-state index contributed by atoms with van der Waals surface area (Å²) in [4.78, 5) is 12.3. The second-order valence-electron chi connectivity index (χ2n) is 9.90. The number of ketones is 1. The minimum absolute atomic E-state index is 0.0982. The van der Waals surface area contributed by atoms with Crippen molar-refractivity contribution in [3.05, 3.63) is 140 Å². The number of rotatable bonds is 2. The molecule has 174 valence electrons. The molecule has 3 aliphatic rings. The molecule has 0 bridgehead atoms. The molecular weight excluding hydrogens is 496 g/mol. The van der Waals surface area contributed by atoms with Crippen molar-refractivity contribution in [3.8, 4) is 0 Å². The predicted octanol–water partition coefficient (Wildman–Crippen LogP) is 6.70. The molecule has 3 heteroatoms. The molecule has 0 radical (unpaired) electrons. The molecule has 0 aromatic heterocycles. The van der Waals surface area contributed by atoms with Crippen LogP contribution >= 0.6 is 15.9 Å². The zero-order valence-corrected chi connectivity index (χ0v) is 21.0. The second kappa shape index (κ2) is 8.89. The zero-order chi connectivity index (χ0) is 24.0. The topological polar surface area (TPSA) is 37.3 Å². The fourth-order valence-electron chi connectivity index (χ4n) is 6.23. The molecule has 1 unspecified atom stereocenters. The van der Waals surface area contributed by atoms with Crippen LogP contribution in [0.3, 0.4) is 0 Å². The quantitative estimate of drug-likeness (QED) is 0.318. The van der Waals surface area contributed by atoms with E-state index in [1.165, 1.54) is 22.3 Å². The molecule has 0 aliphatic heterocycles. The average Bonchev–Trinajstić information content (AvgIpc) is 3.46. The molecule has 0 saturated carbocycles. The minimum Gasteiger partial charge on any atom is -0.380 e. The van der Waals surface area contributed by atoms with Gasteiger partial charge in [-0.1, -0.05) is 107 Å². The molecule has 0 heterocycles. The first-order valence-electron chi connectivity index (χ1n) is 12.3. The van der Waals surface area contributed by atoms with Gasteiger partial charge in [0.2, 0.25) is 0 Å². The summed E-state index contributed by atoms with van der Waals surface area (Å²) in [5, 5.41) is 11.1. The third kappa shape index (κ3) is 3.78. The molecular formula is C32H27BrO2. The summed E-state index contributed by atoms with van der Waals surface area (Å²) < 4.78 is 1.09. The van der Waals surface area contributed by atoms with Gasteiger partial charge in [-0.05, 0) is 65.1 Å². The molecule has 0 amide bonds. The van der Waals surface area contributed by atoms with Gasteiger partial charge in [0.05, 0.1) is 0 Å². The maximum Gasteiger partial charge on any atom is 0.166 e. The third-order valence-corrected chi connectivity index (χ3v) is 8.70. The Bertz CT molecular complexity index is 1370. The van der Waals surface area contributed by atoms with Gasteiger partial charge in [-0.3, -0.25) is 4.79 Å². The van der Waals surface area contributed by atoms with E-state index < -0.39 is 5.60 Å². The van der Waals surface area contributed by atoms with Crippen LogP contribution in [0, 0.1) is 11.8 Å². The van der Waals surface area contributed by atoms with Crippen molar-refractivity contribution in [2.45, 2.75) is 31.3 Å². The fraction of sp³-hybridized carbons (Fsp3) is 0.219. The van der Waals surface area contributed by atoms with Crippen LogP contribution in [-0.4, -0.2) is 10.9 Å². The lowest BCUT2D eigenvalue weighted by molar-refractivity contribution is 0.0442. The highest BCUT2D eigenvalue weighted by molar-refractivity contribution is 9.10. The van der Waals surface area contributed by atoms with E-state index in [0.29, 0.717) is 11.7 Å². The number of aliphatic hydroxyl groups is 1. The molecule has 0 saturated heterocycles. The minimum atomic E-state index is -0.729. The van der Waals surface area contributed by atoms with Crippen LogP contribution in [0.4, 0.5) is 0 Å². The van der Waals surface area contributed by atoms with E-state index in [2.05, 4.69) is 64.5 Å². The molecule has 1 atom stereocenters. The van der Waals surface area contributed by atoms with Gasteiger partial charge in [-0.25, -0.2) is 0 Å². The number of benzene rings is 4. The summed E-state index contributed by atoms with van der Waals surface area (Å²) in [6.07, 6.45) is 3.69. The smallest absolute Gasteiger partial charge is 0.166 e. The van der Waals surface area contributed by atoms with Gasteiger partial charge in [-0.15, -0.1) is 0 Å². The summed E-state index contributed by atoms with van der Waals surface area (Å²) in [7, 11) is 0. The predicted molar refractivity (Wildman–Crippen MR) is 143 cm³/mol. The summed E-state index contributed by atoms with van der Waals surface area (Å²) in [6, 6.07) is 32.7. The number of hydrogen-bond acceptors (Lipinski definition) is 2. The van der Waals surface area contributed by atoms with E-state index in [1.807, 2.05) is 48.5 Å². The van der Waals surface area contributed by atoms with Gasteiger partial charge in [0.1, 0.15) is 5.60 Å². The van der Waals surface area contributed by atoms with Gasteiger partial charge in [0.15, 0.2) is 5.78 Å². The number of fused-ring (bicyclic) bond motifs is 6. The highest BCUT2D eigenvalue weighted by atomic mass is 79.9. The number of halogens is 1. The number of carbonyl (C=O) groups is 1. The Hall–Kier alpha value is -3.01. The van der Waals surface area contributed by atoms with Crippen LogP contribution in [-0.2, 0) is 31.3 Å². The molecule has 1 N–H and O–H groups in total. The maximum atomic E-state index is 12.3. The molecule has 4 aromatic rings. The van der Waals surface area contributed by atoms with Crippen LogP contribution in [0.1, 0.15) is 43.7 Å². The number of carbonyl (C=O) groups excluding carboxylic acids is 1. The lowest BCUT2D eigenvalue weighted by atomic mass is 9.87. The second-order valence-corrected chi connectivity index (χ2v) is 10.8. The first-order valence-corrected chi connectivity index (χ1v) is 13.1. The Morgan fingerprint density at radius 3 is 1.89 bits per heavy atom. The van der Waals surface area contributed by atoms with Crippen LogP contribution in [0.2, 0.25) is 0 Å². The van der Waals surface area contributed by atoms with Crippen LogP contribution in [0.15, 0.2) is 102 Å². The van der Waals surface area contributed by atoms with Crippen molar-refractivity contribution in [3.63, 3.8) is 0 Å². The summed E-state index contributed by atoms with van der Waals surface area (Å²) >= 11 is 3.55. The SMILES string of the molecule is O=C1c2ccccc2CC1Cc1ccccc1Br.OC12c3ccccc3CC1Cc1ccccc12. The van der Waals surface area contributed by atoms with Crippen molar-refractivity contribution in [1.29, 1.82) is 0 Å². The molecule has 0 spiro atoms. The van der Waals surface area contributed by atoms with Crippen LogP contribution in [0.5, 0.6) is 0 Å². The molecule has 2 nitrogen and oxygen atoms in total. The standard InChI is InChI=1S/C16H13BrO.C16H14O/c17-15-8-4-2-6-12(15)10-13-9-11-5-1-3-7-14(11)16(13)18;17-16-13(9-11-5-1-3-7-14(11)16)10-12-6-2-4-8-15(12)16/h1-8,13H,9-10H2;1-8,13,17H,9-10H2. The average molecular weight is 523 g/mol. The van der Waals surface area contributed by atoms with E-state index >= 15 is 0 Å². The largest absolute Gasteiger partial charge is 0.380 e. The normalized spacial score (nSPS) is 23.1. The van der Waals surface area contributed by atoms with E-state index in [1.54, 1.807) is 0 Å². The molecule has 7 rings (SSSR count). The van der Waals surface area contributed by atoms with Gasteiger partial charge < -0.3 is 5.11 Å². The van der Waals surface area contributed by atoms with Gasteiger partial charge in [-0.2, -0.15) is 0 Å². The van der Waals surface area contributed by atoms with Crippen LogP contribution < -0.4 is 0 Å². The first-order chi connectivity index (χ1) is 17.1. The fourth-order valence-corrected chi connectivity index (χ4v) is 6.68. The van der Waals surface area contributed by atoms with Gasteiger partial charge >= 0.3 is 0 Å². The van der Waals surface area contributed by atoms with Crippen molar-refractivity contribution in [2.24, 2.45) is 11.8 Å². The summed E-state index contributed by atoms with van der Waals surface area (Å²) in [5.41, 5.74) is 7.46. The highest BCUT2D eigenvalue weighted by Crippen LogP contribution is 2.52. The zero-order valence-electron chi connectivity index (χ0n) is 19.5. The molecule has 0 fully saturated rings. The Balaban J connectivity index is 0.000000131. The molecule has 35 heavy (non-hydrogen) atoms. The van der Waals surface area contributed by atoms with Crippen LogP contribution in [0.25, 0.3) is 0 Å². The van der Waals surface area contributed by atoms with Crippen molar-refractivity contribution >= 4 is 21.7 Å². The van der Waals surface area contributed by atoms with E-state index in [9.17, 15) is 9.90 Å². The Morgan fingerprint density at radius 1 is 0.714 bits per heavy atom. The lowest BCUT2D eigenvalue weighted by Crippen LogP contribution is -2.28. The molecule has 3 aliphatic carbocycles.